The molecular formula is C9H5BrClF3N2O3S. The highest BCUT2D eigenvalue weighted by molar-refractivity contribution is 9.11. The first kappa shape index (κ1) is 15.5. The highest BCUT2D eigenvalue weighted by Crippen LogP contribution is 2.36. The second kappa shape index (κ2) is 5.17. The zero-order valence-electron chi connectivity index (χ0n) is 9.29. The van der Waals surface area contributed by atoms with Crippen LogP contribution in [-0.4, -0.2) is 26.9 Å². The maximum atomic E-state index is 12.4. The fourth-order valence-corrected chi connectivity index (χ4v) is 3.45. The number of aromatic amines is 1. The van der Waals surface area contributed by atoms with Gasteiger partial charge in [0.05, 0.1) is 20.7 Å². The molecular weight excluding hydrogens is 389 g/mol. The summed E-state index contributed by atoms with van der Waals surface area (Å²) >= 11 is 9.72. The van der Waals surface area contributed by atoms with Gasteiger partial charge in [0.25, 0.3) is 5.56 Å². The molecule has 2 aromatic heterocycles. The van der Waals surface area contributed by atoms with Gasteiger partial charge in [0.2, 0.25) is 0 Å². The summed E-state index contributed by atoms with van der Waals surface area (Å²) in [5, 5.41) is 8.95. The Labute approximate surface area is 125 Å². The van der Waals surface area contributed by atoms with Crippen LogP contribution < -0.4 is 11.2 Å². The van der Waals surface area contributed by atoms with E-state index >= 15 is 0 Å². The van der Waals surface area contributed by atoms with Gasteiger partial charge in [-0.1, -0.05) is 11.6 Å². The van der Waals surface area contributed by atoms with Crippen molar-refractivity contribution < 1.29 is 18.3 Å². The van der Waals surface area contributed by atoms with Gasteiger partial charge in [0.1, 0.15) is 4.83 Å². The lowest BCUT2D eigenvalue weighted by molar-refractivity contribution is -0.207. The van der Waals surface area contributed by atoms with Crippen molar-refractivity contribution in [3.8, 4) is 0 Å². The van der Waals surface area contributed by atoms with E-state index in [0.717, 1.165) is 11.3 Å². The third-order valence-electron chi connectivity index (χ3n) is 2.46. The molecule has 2 rings (SSSR count). The highest BCUT2D eigenvalue weighted by Gasteiger charge is 2.39. The van der Waals surface area contributed by atoms with Crippen LogP contribution in [0.3, 0.4) is 0 Å². The Morgan fingerprint density at radius 1 is 1.45 bits per heavy atom. The molecule has 0 amide bonds. The number of fused-ring (bicyclic) bond motifs is 1. The Balaban J connectivity index is 2.68. The molecule has 2 aromatic rings. The lowest BCUT2D eigenvalue weighted by Crippen LogP contribution is -2.38. The summed E-state index contributed by atoms with van der Waals surface area (Å²) in [6.45, 7) is -1.03. The molecule has 0 spiro atoms. The van der Waals surface area contributed by atoms with Crippen molar-refractivity contribution in [1.29, 1.82) is 0 Å². The summed E-state index contributed by atoms with van der Waals surface area (Å²) in [5.74, 6) is 0. The third-order valence-corrected chi connectivity index (χ3v) is 5.06. The van der Waals surface area contributed by atoms with E-state index in [2.05, 4.69) is 15.9 Å². The van der Waals surface area contributed by atoms with Gasteiger partial charge in [-0.3, -0.25) is 14.3 Å². The monoisotopic (exact) mass is 392 g/mol. The largest absolute Gasteiger partial charge is 0.416 e. The molecule has 0 bridgehead atoms. The van der Waals surface area contributed by atoms with Crippen LogP contribution in [-0.2, 0) is 6.54 Å². The van der Waals surface area contributed by atoms with Gasteiger partial charge >= 0.3 is 11.9 Å². The van der Waals surface area contributed by atoms with Gasteiger partial charge < -0.3 is 5.11 Å². The van der Waals surface area contributed by atoms with E-state index in [1.807, 2.05) is 4.98 Å². The Morgan fingerprint density at radius 3 is 2.60 bits per heavy atom. The Morgan fingerprint density at radius 2 is 2.05 bits per heavy atom. The standard InChI is InChI=1S/C9H5BrClF3N2O3S/c10-5-4(11)3-6(18)15-8(19)16(7(3)20-5)1-2(17)9(12,13)14/h2,17H,1H2,(H,15,18,19). The zero-order valence-corrected chi connectivity index (χ0v) is 12.5. The average Bonchev–Trinajstić information content (AvgIpc) is 2.60. The Bertz CT molecular complexity index is 782. The van der Waals surface area contributed by atoms with Crippen molar-refractivity contribution in [1.82, 2.24) is 9.55 Å². The number of rotatable bonds is 2. The summed E-state index contributed by atoms with van der Waals surface area (Å²) in [5.41, 5.74) is -1.84. The van der Waals surface area contributed by atoms with Gasteiger partial charge in [0, 0.05) is 0 Å². The molecule has 1 unspecified atom stereocenters. The van der Waals surface area contributed by atoms with Crippen LogP contribution in [0.1, 0.15) is 0 Å². The molecule has 0 radical (unpaired) electrons. The van der Waals surface area contributed by atoms with Crippen molar-refractivity contribution >= 4 is 49.1 Å². The van der Waals surface area contributed by atoms with Crippen LogP contribution in [0.2, 0.25) is 5.02 Å². The number of aliphatic hydroxyl groups excluding tert-OH is 1. The number of alkyl halides is 3. The molecule has 11 heteroatoms. The molecule has 0 saturated carbocycles. The molecule has 2 N–H and O–H groups in total. The quantitative estimate of drug-likeness (QED) is 0.820. The maximum Gasteiger partial charge on any atom is 0.416 e. The van der Waals surface area contributed by atoms with Crippen molar-refractivity contribution in [2.24, 2.45) is 0 Å². The maximum absolute atomic E-state index is 12.4. The predicted octanol–water partition coefficient (Wildman–Crippen LogP) is 2.09. The fraction of sp³-hybridized carbons (Fsp3) is 0.333. The van der Waals surface area contributed by atoms with Gasteiger partial charge in [-0.2, -0.15) is 13.2 Å². The normalized spacial score (nSPS) is 13.9. The second-order valence-corrected chi connectivity index (χ2v) is 6.49. The van der Waals surface area contributed by atoms with Crippen molar-refractivity contribution in [2.75, 3.05) is 0 Å². The van der Waals surface area contributed by atoms with Crippen LogP contribution >= 0.6 is 38.9 Å². The van der Waals surface area contributed by atoms with Gasteiger partial charge in [-0.05, 0) is 15.9 Å². The number of nitrogens with one attached hydrogen (secondary N) is 1. The summed E-state index contributed by atoms with van der Waals surface area (Å²) in [6, 6.07) is 0. The molecule has 2 heterocycles. The van der Waals surface area contributed by atoms with E-state index < -0.39 is 30.1 Å². The minimum Gasteiger partial charge on any atom is -0.382 e. The topological polar surface area (TPSA) is 75.1 Å². The first-order chi connectivity index (χ1) is 9.12. The first-order valence-corrected chi connectivity index (χ1v) is 6.97. The molecule has 0 aliphatic carbocycles. The number of aliphatic hydroxyl groups is 1. The van der Waals surface area contributed by atoms with E-state index in [9.17, 15) is 22.8 Å². The van der Waals surface area contributed by atoms with E-state index in [1.54, 1.807) is 0 Å². The molecule has 0 saturated heterocycles. The average molecular weight is 394 g/mol. The van der Waals surface area contributed by atoms with Crippen molar-refractivity contribution in [3.63, 3.8) is 0 Å². The lowest BCUT2D eigenvalue weighted by Gasteiger charge is -2.15. The summed E-state index contributed by atoms with van der Waals surface area (Å²) in [6.07, 6.45) is -7.60. The Kier molecular flexibility index (Phi) is 4.02. The predicted molar refractivity (Wildman–Crippen MR) is 71.5 cm³/mol. The lowest BCUT2D eigenvalue weighted by atomic mass is 10.3. The number of hydrogen-bond acceptors (Lipinski definition) is 4. The molecule has 1 atom stereocenters. The number of aromatic nitrogens is 2. The number of hydrogen-bond donors (Lipinski definition) is 2. The van der Waals surface area contributed by atoms with E-state index in [1.165, 1.54) is 0 Å². The minimum absolute atomic E-state index is 0.00139. The molecule has 20 heavy (non-hydrogen) atoms. The number of thiophene rings is 1. The molecule has 0 fully saturated rings. The van der Waals surface area contributed by atoms with Crippen molar-refractivity contribution in [2.45, 2.75) is 18.8 Å². The van der Waals surface area contributed by atoms with Gasteiger partial charge in [-0.15, -0.1) is 11.3 Å². The summed E-state index contributed by atoms with van der Waals surface area (Å²) in [7, 11) is 0. The van der Waals surface area contributed by atoms with E-state index in [-0.39, 0.29) is 15.2 Å². The van der Waals surface area contributed by atoms with Crippen LogP contribution in [0.25, 0.3) is 10.2 Å². The van der Waals surface area contributed by atoms with Crippen LogP contribution in [0, 0.1) is 0 Å². The fourth-order valence-electron chi connectivity index (χ4n) is 1.52. The smallest absolute Gasteiger partial charge is 0.382 e. The van der Waals surface area contributed by atoms with Crippen LogP contribution in [0.5, 0.6) is 0 Å². The summed E-state index contributed by atoms with van der Waals surface area (Å²) in [4.78, 5) is 25.1. The highest BCUT2D eigenvalue weighted by atomic mass is 79.9. The first-order valence-electron chi connectivity index (χ1n) is 4.98. The molecule has 110 valence electrons. The number of nitrogens with zero attached hydrogens (tertiary/aromatic N) is 1. The minimum atomic E-state index is -4.87. The molecule has 0 aliphatic heterocycles. The van der Waals surface area contributed by atoms with Crippen molar-refractivity contribution in [3.05, 3.63) is 29.6 Å². The zero-order chi connectivity index (χ0) is 15.2. The summed E-state index contributed by atoms with van der Waals surface area (Å²) < 4.78 is 38.0. The van der Waals surface area contributed by atoms with Crippen LogP contribution in [0.4, 0.5) is 13.2 Å². The molecule has 0 aromatic carbocycles. The van der Waals surface area contributed by atoms with Gasteiger partial charge in [0.15, 0.2) is 6.10 Å². The van der Waals surface area contributed by atoms with E-state index in [0.29, 0.717) is 8.35 Å². The number of H-pyrrole nitrogens is 1. The Hall–Kier alpha value is -0.840. The second-order valence-electron chi connectivity index (χ2n) is 3.80. The SMILES string of the molecule is O=c1[nH]c(=O)n(CC(O)C(F)(F)F)c2sc(Br)c(Cl)c12. The molecule has 5 nitrogen and oxygen atoms in total. The molecule has 0 aliphatic rings. The van der Waals surface area contributed by atoms with Crippen LogP contribution in [0.15, 0.2) is 13.4 Å². The third kappa shape index (κ3) is 2.65. The van der Waals surface area contributed by atoms with Gasteiger partial charge in [-0.25, -0.2) is 4.79 Å². The van der Waals surface area contributed by atoms with E-state index in [4.69, 9.17) is 16.7 Å². The number of halogens is 5.